The molecular weight excluding hydrogens is 250 g/mol. The number of hydrogen-bond acceptors (Lipinski definition) is 2. The van der Waals surface area contributed by atoms with Gasteiger partial charge in [-0.25, -0.2) is 0 Å². The first-order chi connectivity index (χ1) is 9.33. The number of carbonyl (C=O) groups excluding carboxylic acids is 1. The average molecular weight is 279 g/mol. The molecule has 1 aliphatic heterocycles. The highest BCUT2D eigenvalue weighted by Gasteiger charge is 2.42. The van der Waals surface area contributed by atoms with Crippen molar-refractivity contribution >= 4 is 5.91 Å². The second-order valence-electron chi connectivity index (χ2n) is 7.61. The van der Waals surface area contributed by atoms with Gasteiger partial charge in [-0.15, -0.1) is 0 Å². The molecular formula is C17H29NO2. The van der Waals surface area contributed by atoms with Crippen LogP contribution < -0.4 is 0 Å². The zero-order valence-electron chi connectivity index (χ0n) is 13.4. The van der Waals surface area contributed by atoms with Crippen molar-refractivity contribution in [3.05, 3.63) is 12.2 Å². The van der Waals surface area contributed by atoms with Crippen LogP contribution in [-0.4, -0.2) is 37.1 Å². The number of nitrogens with zero attached hydrogens (tertiary/aromatic N) is 1. The third-order valence-corrected chi connectivity index (χ3v) is 5.08. The fourth-order valence-corrected chi connectivity index (χ4v) is 3.96. The van der Waals surface area contributed by atoms with Crippen LogP contribution in [0.1, 0.15) is 47.0 Å². The number of hydrogen-bond donors (Lipinski definition) is 0. The molecule has 1 amide bonds. The van der Waals surface area contributed by atoms with E-state index in [2.05, 4.69) is 33.8 Å². The first-order valence-corrected chi connectivity index (χ1v) is 7.88. The van der Waals surface area contributed by atoms with Crippen LogP contribution in [-0.2, 0) is 9.53 Å². The van der Waals surface area contributed by atoms with Gasteiger partial charge in [0.1, 0.15) is 0 Å². The van der Waals surface area contributed by atoms with E-state index in [1.54, 1.807) is 0 Å². The van der Waals surface area contributed by atoms with Crippen LogP contribution in [0, 0.1) is 16.7 Å². The Bertz CT molecular complexity index is 362. The lowest BCUT2D eigenvalue weighted by atomic mass is 9.57. The van der Waals surface area contributed by atoms with Gasteiger partial charge in [0.15, 0.2) is 0 Å². The van der Waals surface area contributed by atoms with Gasteiger partial charge in [0.25, 0.3) is 0 Å². The molecule has 1 saturated carbocycles. The minimum absolute atomic E-state index is 0.144. The number of allylic oxidation sites excluding steroid dienone is 1. The summed E-state index contributed by atoms with van der Waals surface area (Å²) in [4.78, 5) is 14.1. The summed E-state index contributed by atoms with van der Waals surface area (Å²) in [6.07, 6.45) is 7.78. The minimum Gasteiger partial charge on any atom is -0.378 e. The van der Waals surface area contributed by atoms with Crippen LogP contribution in [0.5, 0.6) is 0 Å². The van der Waals surface area contributed by atoms with Crippen molar-refractivity contribution in [2.75, 3.05) is 26.3 Å². The predicted molar refractivity (Wildman–Crippen MR) is 81.4 cm³/mol. The van der Waals surface area contributed by atoms with Crippen molar-refractivity contribution in [1.29, 1.82) is 0 Å². The predicted octanol–water partition coefficient (Wildman–Crippen LogP) is 3.25. The van der Waals surface area contributed by atoms with Crippen LogP contribution in [0.4, 0.5) is 0 Å². The quantitative estimate of drug-likeness (QED) is 0.726. The van der Waals surface area contributed by atoms with Crippen LogP contribution in [0.2, 0.25) is 0 Å². The zero-order chi connectivity index (χ0) is 14.8. The van der Waals surface area contributed by atoms with E-state index < -0.39 is 0 Å². The number of morpholine rings is 1. The van der Waals surface area contributed by atoms with Gasteiger partial charge in [0.05, 0.1) is 13.2 Å². The molecule has 0 aromatic carbocycles. The summed E-state index contributed by atoms with van der Waals surface area (Å²) < 4.78 is 5.29. The Morgan fingerprint density at radius 2 is 1.65 bits per heavy atom. The van der Waals surface area contributed by atoms with E-state index in [9.17, 15) is 4.79 Å². The monoisotopic (exact) mass is 279 g/mol. The standard InChI is InChI=1S/C17H29NO2/c1-16(2)8-5-9-17(3,4)14(16)6-7-15(19)18-10-12-20-13-11-18/h6-7,14H,5,8-13H2,1-4H3/b7-6+. The maximum absolute atomic E-state index is 12.2. The molecule has 0 unspecified atom stereocenters. The van der Waals surface area contributed by atoms with Crippen LogP contribution >= 0.6 is 0 Å². The first-order valence-electron chi connectivity index (χ1n) is 7.88. The molecule has 0 aromatic rings. The summed E-state index contributed by atoms with van der Waals surface area (Å²) >= 11 is 0. The molecule has 0 spiro atoms. The van der Waals surface area contributed by atoms with Crippen molar-refractivity contribution in [2.45, 2.75) is 47.0 Å². The minimum atomic E-state index is 0.144. The summed E-state index contributed by atoms with van der Waals surface area (Å²) in [5.41, 5.74) is 0.563. The SMILES string of the molecule is CC1(C)CCCC(C)(C)C1/C=C/C(=O)N1CCOCC1. The zero-order valence-corrected chi connectivity index (χ0v) is 13.4. The molecule has 1 heterocycles. The Morgan fingerprint density at radius 1 is 1.10 bits per heavy atom. The molecule has 3 heteroatoms. The van der Waals surface area contributed by atoms with E-state index in [0.29, 0.717) is 19.1 Å². The lowest BCUT2D eigenvalue weighted by Gasteiger charge is -2.48. The molecule has 2 fully saturated rings. The topological polar surface area (TPSA) is 29.5 Å². The third-order valence-electron chi connectivity index (χ3n) is 5.08. The summed E-state index contributed by atoms with van der Waals surface area (Å²) in [5.74, 6) is 0.610. The maximum atomic E-state index is 12.2. The summed E-state index contributed by atoms with van der Waals surface area (Å²) in [7, 11) is 0. The fourth-order valence-electron chi connectivity index (χ4n) is 3.96. The highest BCUT2D eigenvalue weighted by atomic mass is 16.5. The van der Waals surface area contributed by atoms with Gasteiger partial charge in [0, 0.05) is 13.1 Å². The average Bonchev–Trinajstić information content (AvgIpc) is 2.37. The largest absolute Gasteiger partial charge is 0.378 e. The van der Waals surface area contributed by atoms with Gasteiger partial charge in [-0.05, 0) is 35.7 Å². The fraction of sp³-hybridized carbons (Fsp3) is 0.824. The lowest BCUT2D eigenvalue weighted by Crippen LogP contribution is -2.41. The van der Waals surface area contributed by atoms with Crippen molar-refractivity contribution in [2.24, 2.45) is 16.7 Å². The smallest absolute Gasteiger partial charge is 0.246 e. The summed E-state index contributed by atoms with van der Waals surface area (Å²) in [5, 5.41) is 0. The Morgan fingerprint density at radius 3 is 2.20 bits per heavy atom. The van der Waals surface area contributed by atoms with E-state index in [1.165, 1.54) is 19.3 Å². The van der Waals surface area contributed by atoms with Gasteiger partial charge < -0.3 is 9.64 Å². The Kier molecular flexibility index (Phi) is 4.58. The molecule has 114 valence electrons. The van der Waals surface area contributed by atoms with Crippen molar-refractivity contribution in [1.82, 2.24) is 4.90 Å². The van der Waals surface area contributed by atoms with Gasteiger partial charge in [-0.2, -0.15) is 0 Å². The summed E-state index contributed by atoms with van der Waals surface area (Å²) in [6, 6.07) is 0. The van der Waals surface area contributed by atoms with Gasteiger partial charge in [-0.1, -0.05) is 40.2 Å². The Hall–Kier alpha value is -0.830. The van der Waals surface area contributed by atoms with E-state index >= 15 is 0 Å². The van der Waals surface area contributed by atoms with Crippen molar-refractivity contribution in [3.8, 4) is 0 Å². The molecule has 0 aromatic heterocycles. The second-order valence-corrected chi connectivity index (χ2v) is 7.61. The van der Waals surface area contributed by atoms with Crippen LogP contribution in [0.3, 0.4) is 0 Å². The second kappa shape index (κ2) is 5.88. The highest BCUT2D eigenvalue weighted by Crippen LogP contribution is 2.51. The number of rotatable bonds is 2. The van der Waals surface area contributed by atoms with E-state index in [1.807, 2.05) is 11.0 Å². The number of carbonyl (C=O) groups is 1. The molecule has 0 N–H and O–H groups in total. The van der Waals surface area contributed by atoms with Crippen molar-refractivity contribution < 1.29 is 9.53 Å². The Balaban J connectivity index is 2.05. The van der Waals surface area contributed by atoms with E-state index in [-0.39, 0.29) is 16.7 Å². The summed E-state index contributed by atoms with van der Waals surface area (Å²) in [6.45, 7) is 12.1. The van der Waals surface area contributed by atoms with Gasteiger partial charge in [0.2, 0.25) is 5.91 Å². The lowest BCUT2D eigenvalue weighted by molar-refractivity contribution is -0.130. The molecule has 0 radical (unpaired) electrons. The van der Waals surface area contributed by atoms with Gasteiger partial charge >= 0.3 is 0 Å². The van der Waals surface area contributed by atoms with Crippen LogP contribution in [0.25, 0.3) is 0 Å². The van der Waals surface area contributed by atoms with E-state index in [4.69, 9.17) is 4.74 Å². The number of ether oxygens (including phenoxy) is 1. The van der Waals surface area contributed by atoms with E-state index in [0.717, 1.165) is 13.1 Å². The molecule has 1 saturated heterocycles. The molecule has 2 aliphatic rings. The van der Waals surface area contributed by atoms with Crippen molar-refractivity contribution in [3.63, 3.8) is 0 Å². The maximum Gasteiger partial charge on any atom is 0.246 e. The first kappa shape index (κ1) is 15.6. The molecule has 3 nitrogen and oxygen atoms in total. The normalized spacial score (nSPS) is 26.9. The Labute approximate surface area is 123 Å². The molecule has 0 bridgehead atoms. The molecule has 20 heavy (non-hydrogen) atoms. The van der Waals surface area contributed by atoms with Crippen LogP contribution in [0.15, 0.2) is 12.2 Å². The molecule has 1 aliphatic carbocycles. The third kappa shape index (κ3) is 3.43. The molecule has 0 atom stereocenters. The number of amides is 1. The van der Waals surface area contributed by atoms with Gasteiger partial charge in [-0.3, -0.25) is 4.79 Å². The molecule has 2 rings (SSSR count). The highest BCUT2D eigenvalue weighted by molar-refractivity contribution is 5.87.